The lowest BCUT2D eigenvalue weighted by Crippen LogP contribution is -1.63. The molecule has 0 unspecified atom stereocenters. The van der Waals surface area contributed by atoms with Crippen LogP contribution in [0.15, 0.2) is 28.7 Å². The normalized spacial score (nSPS) is 8.85. The van der Waals surface area contributed by atoms with Gasteiger partial charge in [-0.25, -0.2) is 0 Å². The van der Waals surface area contributed by atoms with Crippen molar-refractivity contribution in [1.82, 2.24) is 0 Å². The first-order valence-corrected chi connectivity index (χ1v) is 5.45. The first-order chi connectivity index (χ1) is 6.22. The van der Waals surface area contributed by atoms with Gasteiger partial charge < -0.3 is 5.11 Å². The first kappa shape index (κ1) is 12.5. The summed E-state index contributed by atoms with van der Waals surface area (Å²) in [7, 11) is 0. The maximum Gasteiger partial charge on any atom is 0.129 e. The van der Waals surface area contributed by atoms with E-state index in [0.29, 0.717) is 0 Å². The standard InChI is InChI=1S/C6H5BrO.C5H12/c7-5-3-1-2-4-6(5)8;1-3-5-4-2/h1-4,8H;3-5H2,1-2H3. The predicted molar refractivity (Wildman–Crippen MR) is 61.0 cm³/mol. The number of para-hydroxylation sites is 1. The fourth-order valence-corrected chi connectivity index (χ4v) is 1.09. The molecule has 1 aromatic rings. The zero-order valence-electron chi connectivity index (χ0n) is 8.26. The van der Waals surface area contributed by atoms with Crippen LogP contribution in [0, 0.1) is 0 Å². The largest absolute Gasteiger partial charge is 0.507 e. The molecule has 0 amide bonds. The molecule has 0 atom stereocenters. The van der Waals surface area contributed by atoms with Gasteiger partial charge in [-0.15, -0.1) is 0 Å². The van der Waals surface area contributed by atoms with Gasteiger partial charge in [0.05, 0.1) is 4.47 Å². The number of aromatic hydroxyl groups is 1. The number of benzene rings is 1. The zero-order chi connectivity index (χ0) is 10.1. The summed E-state index contributed by atoms with van der Waals surface area (Å²) in [6.45, 7) is 4.42. The van der Waals surface area contributed by atoms with Crippen molar-refractivity contribution in [2.45, 2.75) is 33.1 Å². The highest BCUT2D eigenvalue weighted by atomic mass is 79.9. The molecule has 74 valence electrons. The lowest BCUT2D eigenvalue weighted by Gasteiger charge is -1.90. The number of hydrogen-bond acceptors (Lipinski definition) is 1. The summed E-state index contributed by atoms with van der Waals surface area (Å²) in [6, 6.07) is 7.04. The minimum absolute atomic E-state index is 0.285. The van der Waals surface area contributed by atoms with Gasteiger partial charge in [-0.2, -0.15) is 0 Å². The van der Waals surface area contributed by atoms with Gasteiger partial charge in [0.25, 0.3) is 0 Å². The highest BCUT2D eigenvalue weighted by molar-refractivity contribution is 9.10. The van der Waals surface area contributed by atoms with E-state index in [1.54, 1.807) is 18.2 Å². The van der Waals surface area contributed by atoms with Crippen LogP contribution in [-0.4, -0.2) is 5.11 Å². The molecule has 0 bridgehead atoms. The number of phenolic OH excluding ortho intramolecular Hbond substituents is 1. The van der Waals surface area contributed by atoms with E-state index in [2.05, 4.69) is 29.8 Å². The minimum atomic E-state index is 0.285. The minimum Gasteiger partial charge on any atom is -0.507 e. The molecule has 0 saturated heterocycles. The van der Waals surface area contributed by atoms with Gasteiger partial charge in [-0.1, -0.05) is 45.2 Å². The van der Waals surface area contributed by atoms with E-state index in [4.69, 9.17) is 5.11 Å². The highest BCUT2D eigenvalue weighted by Crippen LogP contribution is 2.21. The van der Waals surface area contributed by atoms with Gasteiger partial charge in [-0.05, 0) is 28.1 Å². The van der Waals surface area contributed by atoms with E-state index in [1.165, 1.54) is 19.3 Å². The van der Waals surface area contributed by atoms with Crippen molar-refractivity contribution in [3.63, 3.8) is 0 Å². The molecule has 0 heterocycles. The second-order valence-electron chi connectivity index (χ2n) is 2.80. The van der Waals surface area contributed by atoms with Gasteiger partial charge in [0.1, 0.15) is 5.75 Å². The Kier molecular flexibility index (Phi) is 7.80. The molecule has 0 saturated carbocycles. The number of hydrogen-bond donors (Lipinski definition) is 1. The van der Waals surface area contributed by atoms with E-state index in [9.17, 15) is 0 Å². The van der Waals surface area contributed by atoms with E-state index in [0.717, 1.165) is 4.47 Å². The predicted octanol–water partition coefficient (Wildman–Crippen LogP) is 4.35. The molecule has 0 spiro atoms. The number of phenols is 1. The third-order valence-corrected chi connectivity index (χ3v) is 2.23. The van der Waals surface area contributed by atoms with Crippen molar-refractivity contribution in [2.75, 3.05) is 0 Å². The Bertz CT molecular complexity index is 200. The second kappa shape index (κ2) is 8.11. The Morgan fingerprint density at radius 3 is 1.92 bits per heavy atom. The molecule has 0 aliphatic heterocycles. The second-order valence-corrected chi connectivity index (χ2v) is 3.66. The smallest absolute Gasteiger partial charge is 0.129 e. The van der Waals surface area contributed by atoms with Crippen molar-refractivity contribution in [3.8, 4) is 5.75 Å². The van der Waals surface area contributed by atoms with E-state index < -0.39 is 0 Å². The van der Waals surface area contributed by atoms with Crippen LogP contribution in [0.2, 0.25) is 0 Å². The molecule has 13 heavy (non-hydrogen) atoms. The van der Waals surface area contributed by atoms with Crippen molar-refractivity contribution in [2.24, 2.45) is 0 Å². The molecule has 2 heteroatoms. The monoisotopic (exact) mass is 244 g/mol. The zero-order valence-corrected chi connectivity index (χ0v) is 9.84. The van der Waals surface area contributed by atoms with Gasteiger partial charge >= 0.3 is 0 Å². The molecular formula is C11H17BrO. The molecule has 0 aliphatic rings. The van der Waals surface area contributed by atoms with Crippen LogP contribution >= 0.6 is 15.9 Å². The van der Waals surface area contributed by atoms with Crippen molar-refractivity contribution in [3.05, 3.63) is 28.7 Å². The quantitative estimate of drug-likeness (QED) is 0.821. The number of unbranched alkanes of at least 4 members (excludes halogenated alkanes) is 2. The Balaban J connectivity index is 0.000000252. The van der Waals surface area contributed by atoms with Crippen LogP contribution in [0.25, 0.3) is 0 Å². The summed E-state index contributed by atoms with van der Waals surface area (Å²) >= 11 is 3.15. The van der Waals surface area contributed by atoms with Crippen molar-refractivity contribution in [1.29, 1.82) is 0 Å². The summed E-state index contributed by atoms with van der Waals surface area (Å²) in [5.41, 5.74) is 0. The topological polar surface area (TPSA) is 20.2 Å². The lowest BCUT2D eigenvalue weighted by molar-refractivity contribution is 0.472. The third-order valence-electron chi connectivity index (χ3n) is 1.56. The molecule has 1 rings (SSSR count). The summed E-state index contributed by atoms with van der Waals surface area (Å²) in [4.78, 5) is 0. The average Bonchev–Trinajstić information content (AvgIpc) is 2.13. The van der Waals surface area contributed by atoms with Crippen LogP contribution in [0.4, 0.5) is 0 Å². The molecule has 0 radical (unpaired) electrons. The summed E-state index contributed by atoms with van der Waals surface area (Å²) < 4.78 is 0.736. The average molecular weight is 245 g/mol. The third kappa shape index (κ3) is 6.64. The first-order valence-electron chi connectivity index (χ1n) is 4.65. The van der Waals surface area contributed by atoms with E-state index in [-0.39, 0.29) is 5.75 Å². The highest BCUT2D eigenvalue weighted by Gasteiger charge is 1.89. The lowest BCUT2D eigenvalue weighted by atomic mass is 10.3. The van der Waals surface area contributed by atoms with Gasteiger partial charge in [0.2, 0.25) is 0 Å². The Labute approximate surface area is 88.9 Å². The molecule has 0 fully saturated rings. The molecular weight excluding hydrogens is 228 g/mol. The van der Waals surface area contributed by atoms with Crippen molar-refractivity contribution >= 4 is 15.9 Å². The van der Waals surface area contributed by atoms with E-state index >= 15 is 0 Å². The SMILES string of the molecule is CCCCC.Oc1ccccc1Br. The van der Waals surface area contributed by atoms with Crippen LogP contribution in [-0.2, 0) is 0 Å². The van der Waals surface area contributed by atoms with Crippen LogP contribution in [0.1, 0.15) is 33.1 Å². The van der Waals surface area contributed by atoms with Gasteiger partial charge in [0.15, 0.2) is 0 Å². The molecule has 0 aromatic heterocycles. The Hall–Kier alpha value is -0.500. The maximum atomic E-state index is 8.87. The molecule has 1 aromatic carbocycles. The molecule has 1 N–H and O–H groups in total. The summed E-state index contributed by atoms with van der Waals surface area (Å²) in [5, 5.41) is 8.87. The van der Waals surface area contributed by atoms with Crippen LogP contribution < -0.4 is 0 Å². The number of halogens is 1. The Morgan fingerprint density at radius 2 is 1.69 bits per heavy atom. The Morgan fingerprint density at radius 1 is 1.15 bits per heavy atom. The summed E-state index contributed by atoms with van der Waals surface area (Å²) in [5.74, 6) is 0.285. The number of rotatable bonds is 2. The summed E-state index contributed by atoms with van der Waals surface area (Å²) in [6.07, 6.45) is 4.08. The van der Waals surface area contributed by atoms with Gasteiger partial charge in [-0.3, -0.25) is 0 Å². The van der Waals surface area contributed by atoms with E-state index in [1.807, 2.05) is 6.07 Å². The molecule has 0 aliphatic carbocycles. The van der Waals surface area contributed by atoms with Crippen LogP contribution in [0.3, 0.4) is 0 Å². The fraction of sp³-hybridized carbons (Fsp3) is 0.455. The fourth-order valence-electron chi connectivity index (χ4n) is 0.805. The van der Waals surface area contributed by atoms with Gasteiger partial charge in [0, 0.05) is 0 Å². The molecule has 1 nitrogen and oxygen atoms in total. The maximum absolute atomic E-state index is 8.87. The van der Waals surface area contributed by atoms with Crippen LogP contribution in [0.5, 0.6) is 5.75 Å². The van der Waals surface area contributed by atoms with Crippen molar-refractivity contribution < 1.29 is 5.11 Å².